The van der Waals surface area contributed by atoms with Crippen molar-refractivity contribution in [2.45, 2.75) is 37.3 Å². The van der Waals surface area contributed by atoms with Gasteiger partial charge in [0.25, 0.3) is 0 Å². The maximum atomic E-state index is 12.8. The SMILES string of the molecule is Cc1ccc(S(=O)(=O)NCC(=O)N(CC(=O)NC[C@@H]2CCCO2)Cc2ccco2)cc1. The molecule has 10 heteroatoms. The van der Waals surface area contributed by atoms with E-state index in [-0.39, 0.29) is 30.0 Å². The molecule has 1 aliphatic heterocycles. The van der Waals surface area contributed by atoms with Crippen molar-refractivity contribution in [2.75, 3.05) is 26.2 Å². The maximum absolute atomic E-state index is 12.8. The summed E-state index contributed by atoms with van der Waals surface area (Å²) in [5, 5.41) is 2.77. The summed E-state index contributed by atoms with van der Waals surface area (Å²) in [7, 11) is -3.86. The number of ether oxygens (including phenoxy) is 1. The monoisotopic (exact) mass is 449 g/mol. The summed E-state index contributed by atoms with van der Waals surface area (Å²) in [6.45, 7) is 2.26. The lowest BCUT2D eigenvalue weighted by Gasteiger charge is -2.22. The van der Waals surface area contributed by atoms with Gasteiger partial charge in [0.2, 0.25) is 21.8 Å². The van der Waals surface area contributed by atoms with Crippen LogP contribution in [0.2, 0.25) is 0 Å². The van der Waals surface area contributed by atoms with Gasteiger partial charge in [0.05, 0.1) is 30.4 Å². The number of aryl methyl sites for hydroxylation is 1. The smallest absolute Gasteiger partial charge is 0.241 e. The van der Waals surface area contributed by atoms with E-state index in [1.807, 2.05) is 6.92 Å². The van der Waals surface area contributed by atoms with Crippen molar-refractivity contribution in [2.24, 2.45) is 0 Å². The molecule has 0 aliphatic carbocycles. The second-order valence-electron chi connectivity index (χ2n) is 7.41. The molecule has 1 aromatic carbocycles. The fraction of sp³-hybridized carbons (Fsp3) is 0.429. The van der Waals surface area contributed by atoms with E-state index in [2.05, 4.69) is 10.0 Å². The van der Waals surface area contributed by atoms with Crippen molar-refractivity contribution in [3.8, 4) is 0 Å². The Morgan fingerprint density at radius 3 is 2.61 bits per heavy atom. The normalized spacial score (nSPS) is 16.2. The molecule has 2 amide bonds. The molecule has 1 aromatic heterocycles. The number of hydrogen-bond acceptors (Lipinski definition) is 6. The van der Waals surface area contributed by atoms with Gasteiger partial charge in [0.1, 0.15) is 12.3 Å². The molecule has 3 rings (SSSR count). The van der Waals surface area contributed by atoms with Gasteiger partial charge in [0.15, 0.2) is 0 Å². The van der Waals surface area contributed by atoms with E-state index in [0.717, 1.165) is 18.4 Å². The molecule has 168 valence electrons. The highest BCUT2D eigenvalue weighted by Gasteiger charge is 2.23. The molecule has 2 N–H and O–H groups in total. The molecular formula is C21H27N3O6S. The molecular weight excluding hydrogens is 422 g/mol. The van der Waals surface area contributed by atoms with Gasteiger partial charge < -0.3 is 19.4 Å². The molecule has 0 spiro atoms. The average molecular weight is 450 g/mol. The predicted octanol–water partition coefficient (Wildman–Crippen LogP) is 1.19. The zero-order chi connectivity index (χ0) is 22.3. The minimum Gasteiger partial charge on any atom is -0.467 e. The third-order valence-corrected chi connectivity index (χ3v) is 6.33. The summed E-state index contributed by atoms with van der Waals surface area (Å²) in [5.74, 6) is -0.405. The van der Waals surface area contributed by atoms with Crippen molar-refractivity contribution in [3.05, 3.63) is 54.0 Å². The number of furan rings is 1. The highest BCUT2D eigenvalue weighted by molar-refractivity contribution is 7.89. The first-order valence-corrected chi connectivity index (χ1v) is 11.6. The molecule has 2 heterocycles. The Balaban J connectivity index is 1.59. The first-order chi connectivity index (χ1) is 14.8. The standard InChI is InChI=1S/C21H27N3O6S/c1-16-6-8-19(9-7-16)31(27,28)23-13-21(26)24(14-18-5-3-11-30-18)15-20(25)22-12-17-4-2-10-29-17/h3,5-9,11,17,23H,2,4,10,12-15H2,1H3,(H,22,25)/t17-/m0/s1. The third-order valence-electron chi connectivity index (χ3n) is 4.91. The highest BCUT2D eigenvalue weighted by atomic mass is 32.2. The van der Waals surface area contributed by atoms with Gasteiger partial charge in [-0.15, -0.1) is 0 Å². The fourth-order valence-corrected chi connectivity index (χ4v) is 4.13. The summed E-state index contributed by atoms with van der Waals surface area (Å²) in [4.78, 5) is 26.4. The van der Waals surface area contributed by atoms with Crippen LogP contribution in [0.25, 0.3) is 0 Å². The van der Waals surface area contributed by atoms with Crippen LogP contribution in [-0.4, -0.2) is 57.5 Å². The van der Waals surface area contributed by atoms with Gasteiger partial charge in [-0.2, -0.15) is 0 Å². The van der Waals surface area contributed by atoms with E-state index in [1.165, 1.54) is 23.3 Å². The van der Waals surface area contributed by atoms with Gasteiger partial charge in [0, 0.05) is 13.2 Å². The average Bonchev–Trinajstić information content (AvgIpc) is 3.44. The van der Waals surface area contributed by atoms with E-state index in [9.17, 15) is 18.0 Å². The number of nitrogens with zero attached hydrogens (tertiary/aromatic N) is 1. The zero-order valence-electron chi connectivity index (χ0n) is 17.4. The van der Waals surface area contributed by atoms with Crippen molar-refractivity contribution in [1.29, 1.82) is 0 Å². The Hall–Kier alpha value is -2.69. The number of benzene rings is 1. The fourth-order valence-electron chi connectivity index (χ4n) is 3.15. The molecule has 0 saturated carbocycles. The van der Waals surface area contributed by atoms with Crippen LogP contribution in [0.15, 0.2) is 52.0 Å². The van der Waals surface area contributed by atoms with Crippen molar-refractivity contribution >= 4 is 21.8 Å². The van der Waals surface area contributed by atoms with Gasteiger partial charge in [-0.3, -0.25) is 9.59 Å². The summed E-state index contributed by atoms with van der Waals surface area (Å²) in [5.41, 5.74) is 0.925. The van der Waals surface area contributed by atoms with E-state index >= 15 is 0 Å². The maximum Gasteiger partial charge on any atom is 0.241 e. The Morgan fingerprint density at radius 2 is 1.97 bits per heavy atom. The van der Waals surface area contributed by atoms with Gasteiger partial charge in [-0.25, -0.2) is 13.1 Å². The number of rotatable bonds is 10. The minimum absolute atomic E-state index is 0.0144. The van der Waals surface area contributed by atoms with Crippen LogP contribution >= 0.6 is 0 Å². The molecule has 1 saturated heterocycles. The largest absolute Gasteiger partial charge is 0.467 e. The van der Waals surface area contributed by atoms with Gasteiger partial charge in [-0.05, 0) is 44.0 Å². The Labute approximate surface area is 181 Å². The topological polar surface area (TPSA) is 118 Å². The van der Waals surface area contributed by atoms with E-state index in [1.54, 1.807) is 24.3 Å². The van der Waals surface area contributed by atoms with Crippen LogP contribution in [0.3, 0.4) is 0 Å². The van der Waals surface area contributed by atoms with Crippen LogP contribution in [-0.2, 0) is 30.9 Å². The van der Waals surface area contributed by atoms with Gasteiger partial charge >= 0.3 is 0 Å². The minimum atomic E-state index is -3.86. The number of sulfonamides is 1. The number of carbonyl (C=O) groups excluding carboxylic acids is 2. The highest BCUT2D eigenvalue weighted by Crippen LogP contribution is 2.12. The molecule has 0 unspecified atom stereocenters. The number of hydrogen-bond donors (Lipinski definition) is 2. The second-order valence-corrected chi connectivity index (χ2v) is 9.17. The lowest BCUT2D eigenvalue weighted by Crippen LogP contribution is -2.45. The van der Waals surface area contributed by atoms with Crippen LogP contribution < -0.4 is 10.0 Å². The molecule has 2 aromatic rings. The molecule has 1 aliphatic rings. The quantitative estimate of drug-likeness (QED) is 0.563. The first kappa shape index (κ1) is 23.0. The van der Waals surface area contributed by atoms with E-state index in [4.69, 9.17) is 9.15 Å². The van der Waals surface area contributed by atoms with Crippen LogP contribution in [0.5, 0.6) is 0 Å². The van der Waals surface area contributed by atoms with Gasteiger partial charge in [-0.1, -0.05) is 17.7 Å². The number of nitrogens with one attached hydrogen (secondary N) is 2. The van der Waals surface area contributed by atoms with Crippen molar-refractivity contribution in [3.63, 3.8) is 0 Å². The molecule has 31 heavy (non-hydrogen) atoms. The number of amides is 2. The molecule has 0 bridgehead atoms. The van der Waals surface area contributed by atoms with E-state index in [0.29, 0.717) is 18.9 Å². The third kappa shape index (κ3) is 6.91. The Kier molecular flexibility index (Phi) is 7.83. The molecule has 9 nitrogen and oxygen atoms in total. The Morgan fingerprint density at radius 1 is 1.19 bits per heavy atom. The zero-order valence-corrected chi connectivity index (χ0v) is 18.2. The lowest BCUT2D eigenvalue weighted by molar-refractivity contribution is -0.136. The Bertz CT molecular complexity index is 967. The summed E-state index contributed by atoms with van der Waals surface area (Å²) >= 11 is 0. The van der Waals surface area contributed by atoms with Crippen molar-refractivity contribution < 1.29 is 27.2 Å². The first-order valence-electron chi connectivity index (χ1n) is 10.1. The molecule has 1 atom stereocenters. The number of carbonyl (C=O) groups is 2. The summed E-state index contributed by atoms with van der Waals surface area (Å²) in [6.07, 6.45) is 3.30. The van der Waals surface area contributed by atoms with Crippen LogP contribution in [0, 0.1) is 6.92 Å². The summed E-state index contributed by atoms with van der Waals surface area (Å²) in [6, 6.07) is 9.66. The van der Waals surface area contributed by atoms with E-state index < -0.39 is 22.5 Å². The molecule has 0 radical (unpaired) electrons. The van der Waals surface area contributed by atoms with Crippen LogP contribution in [0.1, 0.15) is 24.2 Å². The molecule has 1 fully saturated rings. The summed E-state index contributed by atoms with van der Waals surface area (Å²) < 4.78 is 38.0. The lowest BCUT2D eigenvalue weighted by atomic mass is 10.2. The van der Waals surface area contributed by atoms with Crippen molar-refractivity contribution in [1.82, 2.24) is 14.9 Å². The predicted molar refractivity (Wildman–Crippen MR) is 112 cm³/mol. The van der Waals surface area contributed by atoms with Crippen LogP contribution in [0.4, 0.5) is 0 Å². The second kappa shape index (κ2) is 10.6.